The summed E-state index contributed by atoms with van der Waals surface area (Å²) in [6, 6.07) is 15.8. The summed E-state index contributed by atoms with van der Waals surface area (Å²) in [5, 5.41) is 9.94. The van der Waals surface area contributed by atoms with Crippen molar-refractivity contribution in [1.29, 1.82) is 5.26 Å². The molecule has 1 aromatic heterocycles. The van der Waals surface area contributed by atoms with Crippen molar-refractivity contribution in [2.24, 2.45) is 5.92 Å². The normalized spacial score (nSPS) is 28.5. The Morgan fingerprint density at radius 1 is 1.08 bits per heavy atom. The van der Waals surface area contributed by atoms with E-state index in [9.17, 15) is 9.65 Å². The van der Waals surface area contributed by atoms with Gasteiger partial charge in [-0.05, 0) is 62.1 Å². The van der Waals surface area contributed by atoms with Crippen molar-refractivity contribution in [3.05, 3.63) is 65.7 Å². The first-order valence-corrected chi connectivity index (χ1v) is 9.39. The van der Waals surface area contributed by atoms with Gasteiger partial charge in [0.25, 0.3) is 0 Å². The Labute approximate surface area is 153 Å². The maximum atomic E-state index is 13.4. The molecule has 0 radical (unpaired) electrons. The number of nitrogens with zero attached hydrogens (tertiary/aromatic N) is 2. The van der Waals surface area contributed by atoms with Crippen LogP contribution in [0, 0.1) is 23.1 Å². The third-order valence-corrected chi connectivity index (χ3v) is 5.94. The van der Waals surface area contributed by atoms with Gasteiger partial charge in [-0.1, -0.05) is 30.3 Å². The fourth-order valence-electron chi connectivity index (χ4n) is 3.98. The Hall–Kier alpha value is -2.25. The van der Waals surface area contributed by atoms with Crippen molar-refractivity contribution in [1.82, 2.24) is 4.98 Å². The average Bonchev–Trinajstić information content (AvgIpc) is 3.53. The highest BCUT2D eigenvalue weighted by Crippen LogP contribution is 2.49. The predicted octanol–water partition coefficient (Wildman–Crippen LogP) is 4.88. The standard InChI is InChI=1S/C22H23FN2O/c23-19-8-9-20(25-14-19)22(26-15-17-6-7-17)12-10-21(16-24,11-13-22)18-4-2-1-3-5-18/h1-5,8-9,14,17H,6-7,10-13,15H2. The van der Waals surface area contributed by atoms with Gasteiger partial charge < -0.3 is 4.74 Å². The van der Waals surface area contributed by atoms with Crippen molar-refractivity contribution in [3.63, 3.8) is 0 Å². The number of nitriles is 1. The molecule has 1 heterocycles. The average molecular weight is 350 g/mol. The van der Waals surface area contributed by atoms with Crippen molar-refractivity contribution in [2.75, 3.05) is 6.61 Å². The molecule has 0 bridgehead atoms. The zero-order chi connectivity index (χ0) is 18.0. The molecule has 4 heteroatoms. The fraction of sp³-hybridized carbons (Fsp3) is 0.455. The maximum absolute atomic E-state index is 13.4. The van der Waals surface area contributed by atoms with Crippen molar-refractivity contribution in [2.45, 2.75) is 49.5 Å². The topological polar surface area (TPSA) is 45.9 Å². The number of hydrogen-bond donors (Lipinski definition) is 0. The van der Waals surface area contributed by atoms with Crippen molar-refractivity contribution >= 4 is 0 Å². The lowest BCUT2D eigenvalue weighted by Gasteiger charge is -2.43. The van der Waals surface area contributed by atoms with Gasteiger partial charge in [-0.2, -0.15) is 5.26 Å². The maximum Gasteiger partial charge on any atom is 0.141 e. The molecule has 4 rings (SSSR count). The molecule has 3 nitrogen and oxygen atoms in total. The summed E-state index contributed by atoms with van der Waals surface area (Å²) in [7, 11) is 0. The van der Waals surface area contributed by atoms with E-state index in [1.54, 1.807) is 6.07 Å². The van der Waals surface area contributed by atoms with Crippen LogP contribution in [0.4, 0.5) is 4.39 Å². The molecule has 2 aromatic rings. The van der Waals surface area contributed by atoms with Crippen LogP contribution in [-0.4, -0.2) is 11.6 Å². The number of rotatable bonds is 5. The van der Waals surface area contributed by atoms with Gasteiger partial charge in [-0.15, -0.1) is 0 Å². The highest BCUT2D eigenvalue weighted by Gasteiger charge is 2.47. The summed E-state index contributed by atoms with van der Waals surface area (Å²) in [5.41, 5.74) is 0.878. The summed E-state index contributed by atoms with van der Waals surface area (Å²) in [4.78, 5) is 4.34. The van der Waals surface area contributed by atoms with Gasteiger partial charge in [0.2, 0.25) is 0 Å². The van der Waals surface area contributed by atoms with Gasteiger partial charge >= 0.3 is 0 Å². The summed E-state index contributed by atoms with van der Waals surface area (Å²) in [6.07, 6.45) is 6.59. The molecule has 0 aliphatic heterocycles. The fourth-order valence-corrected chi connectivity index (χ4v) is 3.98. The van der Waals surface area contributed by atoms with Crippen LogP contribution < -0.4 is 0 Å². The van der Waals surface area contributed by atoms with Crippen LogP contribution in [0.2, 0.25) is 0 Å². The number of pyridine rings is 1. The summed E-state index contributed by atoms with van der Waals surface area (Å²) >= 11 is 0. The number of hydrogen-bond acceptors (Lipinski definition) is 3. The Morgan fingerprint density at radius 2 is 1.81 bits per heavy atom. The molecular weight excluding hydrogens is 327 g/mol. The molecule has 2 saturated carbocycles. The lowest BCUT2D eigenvalue weighted by atomic mass is 9.65. The van der Waals surface area contributed by atoms with Gasteiger partial charge in [0, 0.05) is 0 Å². The summed E-state index contributed by atoms with van der Waals surface area (Å²) in [5.74, 6) is 0.307. The van der Waals surface area contributed by atoms with E-state index in [0.717, 1.165) is 43.5 Å². The summed E-state index contributed by atoms with van der Waals surface area (Å²) in [6.45, 7) is 0.726. The molecule has 0 unspecified atom stereocenters. The van der Waals surface area contributed by atoms with E-state index in [2.05, 4.69) is 11.1 Å². The van der Waals surface area contributed by atoms with Crippen molar-refractivity contribution in [3.8, 4) is 6.07 Å². The molecule has 0 amide bonds. The van der Waals surface area contributed by atoms with E-state index in [4.69, 9.17) is 4.74 Å². The van der Waals surface area contributed by atoms with Crippen LogP contribution in [0.5, 0.6) is 0 Å². The summed E-state index contributed by atoms with van der Waals surface area (Å²) < 4.78 is 19.8. The van der Waals surface area contributed by atoms with Gasteiger partial charge in [-0.25, -0.2) is 4.39 Å². The molecule has 0 N–H and O–H groups in total. The van der Waals surface area contributed by atoms with E-state index in [1.807, 2.05) is 30.3 Å². The Morgan fingerprint density at radius 3 is 2.38 bits per heavy atom. The molecule has 0 spiro atoms. The van der Waals surface area contributed by atoms with E-state index in [1.165, 1.54) is 25.1 Å². The second kappa shape index (κ2) is 6.81. The number of aromatic nitrogens is 1. The van der Waals surface area contributed by atoms with Crippen LogP contribution in [0.15, 0.2) is 48.7 Å². The van der Waals surface area contributed by atoms with Crippen LogP contribution in [-0.2, 0) is 15.8 Å². The second-order valence-electron chi connectivity index (χ2n) is 7.67. The quantitative estimate of drug-likeness (QED) is 0.772. The molecule has 1 aromatic carbocycles. The number of benzene rings is 1. The van der Waals surface area contributed by atoms with Gasteiger partial charge in [0.15, 0.2) is 0 Å². The SMILES string of the molecule is N#CC1(c2ccccc2)CCC(OCC2CC2)(c2ccc(F)cn2)CC1. The van der Waals surface area contributed by atoms with Crippen LogP contribution in [0.25, 0.3) is 0 Å². The Bertz CT molecular complexity index is 785. The zero-order valence-corrected chi connectivity index (χ0v) is 14.8. The van der Waals surface area contributed by atoms with Gasteiger partial charge in [0.1, 0.15) is 11.4 Å². The minimum atomic E-state index is -0.509. The van der Waals surface area contributed by atoms with Gasteiger partial charge in [-0.3, -0.25) is 4.98 Å². The lowest BCUT2D eigenvalue weighted by molar-refractivity contribution is -0.0909. The largest absolute Gasteiger partial charge is 0.368 e. The molecule has 2 aliphatic carbocycles. The molecule has 0 saturated heterocycles. The van der Waals surface area contributed by atoms with Crippen LogP contribution in [0.1, 0.15) is 49.8 Å². The third kappa shape index (κ3) is 3.24. The monoisotopic (exact) mass is 350 g/mol. The molecule has 26 heavy (non-hydrogen) atoms. The molecular formula is C22H23FN2O. The van der Waals surface area contributed by atoms with Gasteiger partial charge in [0.05, 0.1) is 30.0 Å². The highest BCUT2D eigenvalue weighted by molar-refractivity contribution is 5.34. The van der Waals surface area contributed by atoms with E-state index >= 15 is 0 Å². The third-order valence-electron chi connectivity index (χ3n) is 5.94. The molecule has 134 valence electrons. The van der Waals surface area contributed by atoms with Crippen LogP contribution in [0.3, 0.4) is 0 Å². The smallest absolute Gasteiger partial charge is 0.141 e. The van der Waals surface area contributed by atoms with E-state index in [0.29, 0.717) is 5.92 Å². The molecule has 2 fully saturated rings. The minimum absolute atomic E-state index is 0.336. The van der Waals surface area contributed by atoms with Crippen LogP contribution >= 0.6 is 0 Å². The Kier molecular flexibility index (Phi) is 4.50. The lowest BCUT2D eigenvalue weighted by Crippen LogP contribution is -2.41. The number of halogens is 1. The zero-order valence-electron chi connectivity index (χ0n) is 14.8. The molecule has 0 atom stereocenters. The predicted molar refractivity (Wildman–Crippen MR) is 96.8 cm³/mol. The first kappa shape index (κ1) is 17.2. The van der Waals surface area contributed by atoms with Crippen molar-refractivity contribution < 1.29 is 9.13 Å². The second-order valence-corrected chi connectivity index (χ2v) is 7.67. The first-order valence-electron chi connectivity index (χ1n) is 9.39. The first-order chi connectivity index (χ1) is 12.7. The number of ether oxygens (including phenoxy) is 1. The highest BCUT2D eigenvalue weighted by atomic mass is 19.1. The minimum Gasteiger partial charge on any atom is -0.368 e. The molecule has 2 aliphatic rings. The van der Waals surface area contributed by atoms with E-state index < -0.39 is 11.0 Å². The Balaban J connectivity index is 1.60. The van der Waals surface area contributed by atoms with E-state index in [-0.39, 0.29) is 5.82 Å².